The Kier molecular flexibility index (Phi) is 4.09. The van der Waals surface area contributed by atoms with Gasteiger partial charge in [0.05, 0.1) is 6.10 Å². The van der Waals surface area contributed by atoms with E-state index < -0.39 is 0 Å². The summed E-state index contributed by atoms with van der Waals surface area (Å²) in [6.07, 6.45) is 4.26. The average Bonchev–Trinajstić information content (AvgIpc) is 2.81. The molecule has 1 aliphatic rings. The van der Waals surface area contributed by atoms with Crippen molar-refractivity contribution in [2.75, 3.05) is 5.75 Å². The molecular weight excluding hydrogens is 204 g/mol. The fourth-order valence-corrected chi connectivity index (χ4v) is 3.38. The predicted octanol–water partition coefficient (Wildman–Crippen LogP) is 2.88. The van der Waals surface area contributed by atoms with Crippen LogP contribution in [-0.2, 0) is 6.42 Å². The Bertz CT molecular complexity index is 280. The molecule has 1 heterocycles. The number of aryl methyl sites for hydroxylation is 1. The van der Waals surface area contributed by atoms with E-state index in [1.807, 2.05) is 17.8 Å². The monoisotopic (exact) mass is 222 g/mol. The van der Waals surface area contributed by atoms with E-state index in [1.165, 1.54) is 24.2 Å². The van der Waals surface area contributed by atoms with Crippen molar-refractivity contribution in [1.82, 2.24) is 0 Å². The van der Waals surface area contributed by atoms with Crippen molar-refractivity contribution in [2.24, 2.45) is 0 Å². The first kappa shape index (κ1) is 11.0. The molecule has 1 aromatic carbocycles. The molecule has 0 bridgehead atoms. The zero-order chi connectivity index (χ0) is 10.5. The topological polar surface area (TPSA) is 20.2 Å². The second-order valence-corrected chi connectivity index (χ2v) is 5.49. The van der Waals surface area contributed by atoms with Gasteiger partial charge in [0.2, 0.25) is 0 Å². The van der Waals surface area contributed by atoms with Crippen LogP contribution in [0.1, 0.15) is 24.8 Å². The third-order valence-electron chi connectivity index (χ3n) is 2.97. The van der Waals surface area contributed by atoms with Gasteiger partial charge in [-0.15, -0.1) is 0 Å². The number of rotatable bonds is 4. The smallest absolute Gasteiger partial charge is 0.0661 e. The normalized spacial score (nSPS) is 22.9. The quantitative estimate of drug-likeness (QED) is 0.845. The number of hydrogen-bond acceptors (Lipinski definition) is 2. The lowest BCUT2D eigenvalue weighted by Crippen LogP contribution is -2.21. The highest BCUT2D eigenvalue weighted by molar-refractivity contribution is 8.00. The molecule has 2 heteroatoms. The van der Waals surface area contributed by atoms with Gasteiger partial charge in [0, 0.05) is 5.25 Å². The molecule has 0 radical (unpaired) electrons. The Morgan fingerprint density at radius 1 is 1.33 bits per heavy atom. The summed E-state index contributed by atoms with van der Waals surface area (Å²) in [5.74, 6) is 1.23. The van der Waals surface area contributed by atoms with Gasteiger partial charge in [0.15, 0.2) is 0 Å². The van der Waals surface area contributed by atoms with Crippen molar-refractivity contribution in [3.8, 4) is 0 Å². The minimum Gasteiger partial charge on any atom is -0.392 e. The van der Waals surface area contributed by atoms with Crippen LogP contribution in [0.2, 0.25) is 0 Å². The average molecular weight is 222 g/mol. The number of thioether (sulfide) groups is 1. The van der Waals surface area contributed by atoms with Crippen LogP contribution in [0.15, 0.2) is 30.3 Å². The molecular formula is C13H18OS. The molecule has 2 rings (SSSR count). The van der Waals surface area contributed by atoms with Crippen LogP contribution < -0.4 is 0 Å². The van der Waals surface area contributed by atoms with Crippen molar-refractivity contribution < 1.29 is 5.11 Å². The Labute approximate surface area is 95.9 Å². The lowest BCUT2D eigenvalue weighted by molar-refractivity contribution is 0.160. The van der Waals surface area contributed by atoms with Crippen molar-refractivity contribution in [1.29, 1.82) is 0 Å². The minimum absolute atomic E-state index is 0.113. The Hall–Kier alpha value is -0.470. The zero-order valence-electron chi connectivity index (χ0n) is 8.93. The molecule has 1 aliphatic heterocycles. The summed E-state index contributed by atoms with van der Waals surface area (Å²) in [6, 6.07) is 10.4. The molecule has 82 valence electrons. The molecule has 1 aromatic rings. The van der Waals surface area contributed by atoms with Crippen molar-refractivity contribution in [3.05, 3.63) is 35.9 Å². The molecule has 1 saturated heterocycles. The van der Waals surface area contributed by atoms with E-state index in [0.717, 1.165) is 12.8 Å². The highest BCUT2D eigenvalue weighted by Gasteiger charge is 2.23. The fraction of sp³-hybridized carbons (Fsp3) is 0.538. The first-order valence-electron chi connectivity index (χ1n) is 5.70. The third kappa shape index (κ3) is 3.25. The van der Waals surface area contributed by atoms with Crippen molar-refractivity contribution in [3.63, 3.8) is 0 Å². The van der Waals surface area contributed by atoms with E-state index in [-0.39, 0.29) is 6.10 Å². The van der Waals surface area contributed by atoms with E-state index in [4.69, 9.17) is 0 Å². The van der Waals surface area contributed by atoms with E-state index in [1.54, 1.807) is 0 Å². The Morgan fingerprint density at radius 2 is 2.13 bits per heavy atom. The van der Waals surface area contributed by atoms with Gasteiger partial charge in [0.25, 0.3) is 0 Å². The first-order chi connectivity index (χ1) is 7.36. The van der Waals surface area contributed by atoms with Crippen LogP contribution >= 0.6 is 11.8 Å². The van der Waals surface area contributed by atoms with Crippen LogP contribution in [0.4, 0.5) is 0 Å². The maximum atomic E-state index is 9.99. The van der Waals surface area contributed by atoms with Gasteiger partial charge in [-0.25, -0.2) is 0 Å². The molecule has 0 spiro atoms. The lowest BCUT2D eigenvalue weighted by atomic mass is 10.0. The molecule has 15 heavy (non-hydrogen) atoms. The SMILES string of the molecule is OC(CCc1ccccc1)C1CCCS1. The molecule has 2 atom stereocenters. The summed E-state index contributed by atoms with van der Waals surface area (Å²) in [5.41, 5.74) is 1.33. The van der Waals surface area contributed by atoms with E-state index in [0.29, 0.717) is 5.25 Å². The molecule has 1 nitrogen and oxygen atoms in total. The molecule has 0 aliphatic carbocycles. The number of aliphatic hydroxyl groups excluding tert-OH is 1. The van der Waals surface area contributed by atoms with Crippen LogP contribution in [-0.4, -0.2) is 22.2 Å². The minimum atomic E-state index is -0.113. The van der Waals surface area contributed by atoms with Gasteiger partial charge in [-0.3, -0.25) is 0 Å². The molecule has 1 fully saturated rings. The fourth-order valence-electron chi connectivity index (χ4n) is 2.05. The highest BCUT2D eigenvalue weighted by atomic mass is 32.2. The maximum Gasteiger partial charge on any atom is 0.0661 e. The summed E-state index contributed by atoms with van der Waals surface area (Å²) < 4.78 is 0. The number of aliphatic hydroxyl groups is 1. The van der Waals surface area contributed by atoms with E-state index in [9.17, 15) is 5.11 Å². The molecule has 0 saturated carbocycles. The summed E-state index contributed by atoms with van der Waals surface area (Å²) in [6.45, 7) is 0. The zero-order valence-corrected chi connectivity index (χ0v) is 9.75. The summed E-state index contributed by atoms with van der Waals surface area (Å²) in [7, 11) is 0. The molecule has 0 amide bonds. The van der Waals surface area contributed by atoms with Gasteiger partial charge in [-0.05, 0) is 37.0 Å². The predicted molar refractivity (Wildman–Crippen MR) is 66.2 cm³/mol. The Morgan fingerprint density at radius 3 is 2.80 bits per heavy atom. The number of hydrogen-bond donors (Lipinski definition) is 1. The van der Waals surface area contributed by atoms with Crippen LogP contribution in [0.5, 0.6) is 0 Å². The highest BCUT2D eigenvalue weighted by Crippen LogP contribution is 2.30. The van der Waals surface area contributed by atoms with E-state index in [2.05, 4.69) is 24.3 Å². The van der Waals surface area contributed by atoms with Crippen molar-refractivity contribution in [2.45, 2.75) is 37.0 Å². The third-order valence-corrected chi connectivity index (χ3v) is 4.47. The van der Waals surface area contributed by atoms with Gasteiger partial charge in [-0.1, -0.05) is 30.3 Å². The summed E-state index contributed by atoms with van der Waals surface area (Å²) >= 11 is 1.94. The number of benzene rings is 1. The Balaban J connectivity index is 1.77. The summed E-state index contributed by atoms with van der Waals surface area (Å²) in [4.78, 5) is 0. The van der Waals surface area contributed by atoms with Gasteiger partial charge in [0.1, 0.15) is 0 Å². The standard InChI is InChI=1S/C13H18OS/c14-12(13-7-4-10-15-13)9-8-11-5-2-1-3-6-11/h1-3,5-6,12-14H,4,7-10H2. The van der Waals surface area contributed by atoms with Gasteiger partial charge >= 0.3 is 0 Å². The van der Waals surface area contributed by atoms with E-state index >= 15 is 0 Å². The molecule has 1 N–H and O–H groups in total. The first-order valence-corrected chi connectivity index (χ1v) is 6.75. The maximum absolute atomic E-state index is 9.99. The second-order valence-electron chi connectivity index (χ2n) is 4.14. The lowest BCUT2D eigenvalue weighted by Gasteiger charge is -2.16. The molecule has 0 aromatic heterocycles. The van der Waals surface area contributed by atoms with Crippen LogP contribution in [0.3, 0.4) is 0 Å². The second kappa shape index (κ2) is 5.57. The van der Waals surface area contributed by atoms with Crippen LogP contribution in [0, 0.1) is 0 Å². The van der Waals surface area contributed by atoms with Gasteiger partial charge in [-0.2, -0.15) is 11.8 Å². The largest absolute Gasteiger partial charge is 0.392 e. The van der Waals surface area contributed by atoms with Crippen molar-refractivity contribution >= 4 is 11.8 Å². The van der Waals surface area contributed by atoms with Crippen LogP contribution in [0.25, 0.3) is 0 Å². The summed E-state index contributed by atoms with van der Waals surface area (Å²) in [5, 5.41) is 10.5. The molecule has 2 unspecified atom stereocenters. The van der Waals surface area contributed by atoms with Gasteiger partial charge < -0.3 is 5.11 Å².